The summed E-state index contributed by atoms with van der Waals surface area (Å²) in [7, 11) is 0. The maximum atomic E-state index is 5.33. The molecule has 3 nitrogen and oxygen atoms in total. The van der Waals surface area contributed by atoms with E-state index in [0.29, 0.717) is 17.5 Å². The fourth-order valence-corrected chi connectivity index (χ4v) is 8.86. The zero-order valence-corrected chi connectivity index (χ0v) is 33.9. The molecule has 3 heteroatoms. The SMILES string of the molecule is c1ccc(-c2nc(-c3ccccc3)nc(-c3c(-c4cccc(-c5cc(-c6ccccc6)c(-c6ccccc6)c(-c6ccccc6)c5)c4)c4ccccc4c4ccccc34)n2)cc1. The molecule has 11 rings (SSSR count). The molecule has 0 aliphatic carbocycles. The van der Waals surface area contributed by atoms with Crippen LogP contribution in [0.4, 0.5) is 0 Å². The molecule has 0 aliphatic heterocycles. The molecule has 0 amide bonds. The van der Waals surface area contributed by atoms with Crippen molar-refractivity contribution in [1.29, 1.82) is 0 Å². The lowest BCUT2D eigenvalue weighted by atomic mass is 9.83. The topological polar surface area (TPSA) is 38.7 Å². The molecule has 0 atom stereocenters. The van der Waals surface area contributed by atoms with E-state index in [2.05, 4.69) is 200 Å². The van der Waals surface area contributed by atoms with Gasteiger partial charge in [0.25, 0.3) is 0 Å². The van der Waals surface area contributed by atoms with Gasteiger partial charge in [-0.2, -0.15) is 0 Å². The third kappa shape index (κ3) is 6.82. The molecule has 0 spiro atoms. The average Bonchev–Trinajstić information content (AvgIpc) is 3.36. The van der Waals surface area contributed by atoms with Crippen LogP contribution in [0, 0.1) is 0 Å². The molecule has 0 fully saturated rings. The van der Waals surface area contributed by atoms with Gasteiger partial charge in [-0.3, -0.25) is 0 Å². The first-order valence-corrected chi connectivity index (χ1v) is 21.0. The van der Waals surface area contributed by atoms with Crippen LogP contribution in [0.15, 0.2) is 237 Å². The van der Waals surface area contributed by atoms with Crippen molar-refractivity contribution < 1.29 is 0 Å². The van der Waals surface area contributed by atoms with E-state index in [4.69, 9.17) is 15.0 Å². The van der Waals surface area contributed by atoms with Crippen molar-refractivity contribution in [2.45, 2.75) is 0 Å². The third-order valence-electron chi connectivity index (χ3n) is 11.7. The molecule has 1 aromatic heterocycles. The maximum Gasteiger partial charge on any atom is 0.165 e. The predicted octanol–water partition coefficient (Wildman–Crippen LogP) is 15.5. The lowest BCUT2D eigenvalue weighted by Crippen LogP contribution is -2.02. The van der Waals surface area contributed by atoms with Crippen LogP contribution in [0.5, 0.6) is 0 Å². The second kappa shape index (κ2) is 16.1. The molecule has 0 saturated carbocycles. The maximum absolute atomic E-state index is 5.33. The number of hydrogen-bond acceptors (Lipinski definition) is 3. The second-order valence-electron chi connectivity index (χ2n) is 15.5. The molecule has 0 N–H and O–H groups in total. The summed E-state index contributed by atoms with van der Waals surface area (Å²) < 4.78 is 0. The molecule has 0 saturated heterocycles. The zero-order valence-electron chi connectivity index (χ0n) is 33.9. The van der Waals surface area contributed by atoms with E-state index in [1.54, 1.807) is 0 Å². The molecule has 10 aromatic carbocycles. The minimum Gasteiger partial charge on any atom is -0.208 e. The largest absolute Gasteiger partial charge is 0.208 e. The molecule has 0 unspecified atom stereocenters. The van der Waals surface area contributed by atoms with E-state index in [1.807, 2.05) is 36.4 Å². The van der Waals surface area contributed by atoms with Crippen LogP contribution >= 0.6 is 0 Å². The Morgan fingerprint density at radius 2 is 0.548 bits per heavy atom. The van der Waals surface area contributed by atoms with Gasteiger partial charge in [0.15, 0.2) is 17.5 Å². The smallest absolute Gasteiger partial charge is 0.165 e. The second-order valence-corrected chi connectivity index (χ2v) is 15.5. The van der Waals surface area contributed by atoms with E-state index in [1.165, 1.54) is 38.8 Å². The fourth-order valence-electron chi connectivity index (χ4n) is 8.86. The van der Waals surface area contributed by atoms with Gasteiger partial charge in [-0.25, -0.2) is 15.0 Å². The molecule has 1 heterocycles. The third-order valence-corrected chi connectivity index (χ3v) is 11.7. The van der Waals surface area contributed by atoms with Gasteiger partial charge in [-0.1, -0.05) is 218 Å². The number of nitrogens with zero attached hydrogens (tertiary/aromatic N) is 3. The first-order chi connectivity index (χ1) is 30.8. The highest BCUT2D eigenvalue weighted by atomic mass is 15.0. The molecule has 62 heavy (non-hydrogen) atoms. The van der Waals surface area contributed by atoms with Crippen LogP contribution < -0.4 is 0 Å². The number of aromatic nitrogens is 3. The van der Waals surface area contributed by atoms with Crippen molar-refractivity contribution in [3.05, 3.63) is 237 Å². The van der Waals surface area contributed by atoms with E-state index >= 15 is 0 Å². The Kier molecular flexibility index (Phi) is 9.53. The van der Waals surface area contributed by atoms with Crippen LogP contribution in [-0.2, 0) is 0 Å². The normalized spacial score (nSPS) is 11.2. The molecule has 290 valence electrons. The number of benzene rings is 10. The van der Waals surface area contributed by atoms with Crippen LogP contribution in [0.2, 0.25) is 0 Å². The average molecular weight is 790 g/mol. The summed E-state index contributed by atoms with van der Waals surface area (Å²) in [6, 6.07) is 83.8. The summed E-state index contributed by atoms with van der Waals surface area (Å²) in [5.41, 5.74) is 14.4. The molecular formula is C59H39N3. The van der Waals surface area contributed by atoms with Crippen molar-refractivity contribution in [3.8, 4) is 89.8 Å². The van der Waals surface area contributed by atoms with E-state index < -0.39 is 0 Å². The first-order valence-electron chi connectivity index (χ1n) is 21.0. The molecule has 0 radical (unpaired) electrons. The van der Waals surface area contributed by atoms with Crippen molar-refractivity contribution in [1.82, 2.24) is 15.0 Å². The monoisotopic (exact) mass is 789 g/mol. The standard InChI is InChI=1S/C59H39N3/c1-6-21-40(22-7-1)52-38-47(39-53(41-23-8-2-9-24-41)54(52)42-25-10-3-11-26-42)45-31-20-32-46(37-45)55-50-35-18-16-33-48(50)49-34-17-19-36-51(49)56(55)59-61-57(43-27-12-4-13-28-43)60-58(62-59)44-29-14-5-15-30-44/h1-39H. The van der Waals surface area contributed by atoms with Gasteiger partial charge in [-0.15, -0.1) is 0 Å². The van der Waals surface area contributed by atoms with Gasteiger partial charge in [0.05, 0.1) is 0 Å². The summed E-state index contributed by atoms with van der Waals surface area (Å²) in [4.78, 5) is 15.7. The highest BCUT2D eigenvalue weighted by Crippen LogP contribution is 2.47. The van der Waals surface area contributed by atoms with Crippen molar-refractivity contribution in [2.75, 3.05) is 0 Å². The predicted molar refractivity (Wildman–Crippen MR) is 258 cm³/mol. The van der Waals surface area contributed by atoms with Crippen LogP contribution in [0.3, 0.4) is 0 Å². The van der Waals surface area contributed by atoms with Crippen molar-refractivity contribution in [2.24, 2.45) is 0 Å². The summed E-state index contributed by atoms with van der Waals surface area (Å²) in [5, 5.41) is 4.55. The van der Waals surface area contributed by atoms with Crippen LogP contribution in [-0.4, -0.2) is 15.0 Å². The van der Waals surface area contributed by atoms with E-state index in [-0.39, 0.29) is 0 Å². The Morgan fingerprint density at radius 1 is 0.194 bits per heavy atom. The van der Waals surface area contributed by atoms with Gasteiger partial charge in [-0.05, 0) is 89.8 Å². The van der Waals surface area contributed by atoms with E-state index in [9.17, 15) is 0 Å². The highest BCUT2D eigenvalue weighted by molar-refractivity contribution is 6.21. The van der Waals surface area contributed by atoms with Crippen molar-refractivity contribution >= 4 is 21.5 Å². The number of hydrogen-bond donors (Lipinski definition) is 0. The van der Waals surface area contributed by atoms with E-state index in [0.717, 1.165) is 55.1 Å². The van der Waals surface area contributed by atoms with Gasteiger partial charge in [0.1, 0.15) is 0 Å². The number of fused-ring (bicyclic) bond motifs is 3. The summed E-state index contributed by atoms with van der Waals surface area (Å²) >= 11 is 0. The minimum atomic E-state index is 0.630. The van der Waals surface area contributed by atoms with Gasteiger partial charge in [0, 0.05) is 22.3 Å². The fraction of sp³-hybridized carbons (Fsp3) is 0. The van der Waals surface area contributed by atoms with Gasteiger partial charge < -0.3 is 0 Å². The Morgan fingerprint density at radius 3 is 1.03 bits per heavy atom. The zero-order chi connectivity index (χ0) is 41.2. The van der Waals surface area contributed by atoms with Gasteiger partial charge >= 0.3 is 0 Å². The summed E-state index contributed by atoms with van der Waals surface area (Å²) in [6.07, 6.45) is 0. The lowest BCUT2D eigenvalue weighted by molar-refractivity contribution is 1.08. The van der Waals surface area contributed by atoms with Crippen LogP contribution in [0.1, 0.15) is 0 Å². The lowest BCUT2D eigenvalue weighted by Gasteiger charge is -2.20. The Labute approximate surface area is 361 Å². The summed E-state index contributed by atoms with van der Waals surface area (Å²) in [6.45, 7) is 0. The number of rotatable bonds is 8. The summed E-state index contributed by atoms with van der Waals surface area (Å²) in [5.74, 6) is 1.89. The molecule has 11 aromatic rings. The Balaban J connectivity index is 1.20. The molecule has 0 bridgehead atoms. The van der Waals surface area contributed by atoms with Crippen LogP contribution in [0.25, 0.3) is 111 Å². The first kappa shape index (κ1) is 36.8. The molecular weight excluding hydrogens is 751 g/mol. The minimum absolute atomic E-state index is 0.630. The Bertz CT molecular complexity index is 3250. The van der Waals surface area contributed by atoms with Gasteiger partial charge in [0.2, 0.25) is 0 Å². The Hall–Kier alpha value is -8.27. The molecule has 0 aliphatic rings. The highest BCUT2D eigenvalue weighted by Gasteiger charge is 2.23. The van der Waals surface area contributed by atoms with Crippen molar-refractivity contribution in [3.63, 3.8) is 0 Å². The quantitative estimate of drug-likeness (QED) is 0.144.